The van der Waals surface area contributed by atoms with Gasteiger partial charge in [0.1, 0.15) is 11.4 Å². The van der Waals surface area contributed by atoms with E-state index in [4.69, 9.17) is 5.73 Å². The van der Waals surface area contributed by atoms with Crippen LogP contribution in [0.15, 0.2) is 54.6 Å². The van der Waals surface area contributed by atoms with Gasteiger partial charge in [0.2, 0.25) is 5.91 Å². The van der Waals surface area contributed by atoms with Gasteiger partial charge in [-0.1, -0.05) is 42.5 Å². The van der Waals surface area contributed by atoms with Crippen LogP contribution in [0.25, 0.3) is 0 Å². The second-order valence-corrected chi connectivity index (χ2v) is 5.52. The van der Waals surface area contributed by atoms with Crippen LogP contribution in [0.1, 0.15) is 25.0 Å². The minimum absolute atomic E-state index is 0. The monoisotopic (exact) mass is 336 g/mol. The first-order valence-electron chi connectivity index (χ1n) is 7.33. The van der Waals surface area contributed by atoms with E-state index in [-0.39, 0.29) is 24.1 Å². The fraction of sp³-hybridized carbons (Fsp3) is 0.278. The third-order valence-electron chi connectivity index (χ3n) is 3.75. The number of nitrogens with zero attached hydrogens (tertiary/aromatic N) is 1. The molecule has 0 aliphatic heterocycles. The normalized spacial score (nSPS) is 12.9. The zero-order valence-corrected chi connectivity index (χ0v) is 14.1. The zero-order valence-electron chi connectivity index (χ0n) is 13.3. The van der Waals surface area contributed by atoms with E-state index in [1.165, 1.54) is 12.1 Å². The maximum Gasteiger partial charge on any atom is 0.247 e. The quantitative estimate of drug-likeness (QED) is 0.908. The Labute approximate surface area is 142 Å². The molecule has 0 bridgehead atoms. The molecule has 0 saturated heterocycles. The van der Waals surface area contributed by atoms with Crippen molar-refractivity contribution < 1.29 is 9.18 Å². The van der Waals surface area contributed by atoms with Crippen LogP contribution in [0.5, 0.6) is 0 Å². The lowest BCUT2D eigenvalue weighted by Gasteiger charge is -2.31. The molecule has 2 rings (SSSR count). The average molecular weight is 337 g/mol. The number of carbonyl (C=O) groups is 1. The van der Waals surface area contributed by atoms with Crippen LogP contribution in [0, 0.1) is 5.82 Å². The summed E-state index contributed by atoms with van der Waals surface area (Å²) < 4.78 is 13.3. The van der Waals surface area contributed by atoms with Gasteiger partial charge < -0.3 is 10.6 Å². The van der Waals surface area contributed by atoms with E-state index in [9.17, 15) is 9.18 Å². The Balaban J connectivity index is 0.00000264. The van der Waals surface area contributed by atoms with Crippen molar-refractivity contribution in [1.29, 1.82) is 0 Å². The van der Waals surface area contributed by atoms with Crippen LogP contribution in [-0.2, 0) is 16.9 Å². The van der Waals surface area contributed by atoms with E-state index in [0.717, 1.165) is 11.1 Å². The van der Waals surface area contributed by atoms with Crippen LogP contribution in [0.2, 0.25) is 0 Å². The Morgan fingerprint density at radius 3 is 2.39 bits per heavy atom. The molecule has 1 atom stereocenters. The van der Waals surface area contributed by atoms with Gasteiger partial charge in [-0.2, -0.15) is 0 Å². The first-order chi connectivity index (χ1) is 10.4. The Kier molecular flexibility index (Phi) is 6.73. The molecule has 0 aliphatic rings. The summed E-state index contributed by atoms with van der Waals surface area (Å²) in [7, 11) is 0. The lowest BCUT2D eigenvalue weighted by atomic mass is 9.91. The number of rotatable bonds is 5. The lowest BCUT2D eigenvalue weighted by molar-refractivity contribution is -0.137. The van der Waals surface area contributed by atoms with E-state index in [2.05, 4.69) is 0 Å². The summed E-state index contributed by atoms with van der Waals surface area (Å²) in [5.74, 6) is -0.481. The predicted octanol–water partition coefficient (Wildman–Crippen LogP) is 3.47. The predicted molar refractivity (Wildman–Crippen MR) is 92.7 cm³/mol. The Morgan fingerprint density at radius 2 is 1.83 bits per heavy atom. The highest BCUT2D eigenvalue weighted by molar-refractivity contribution is 5.87. The topological polar surface area (TPSA) is 46.3 Å². The number of nitrogens with two attached hydrogens (primary N) is 1. The minimum atomic E-state index is -1.11. The second kappa shape index (κ2) is 8.09. The summed E-state index contributed by atoms with van der Waals surface area (Å²) in [6.07, 6.45) is 0. The summed E-state index contributed by atoms with van der Waals surface area (Å²) in [4.78, 5) is 14.4. The fourth-order valence-electron chi connectivity index (χ4n) is 2.42. The first-order valence-corrected chi connectivity index (χ1v) is 7.33. The van der Waals surface area contributed by atoms with Crippen LogP contribution in [0.4, 0.5) is 4.39 Å². The molecule has 5 heteroatoms. The van der Waals surface area contributed by atoms with Crippen molar-refractivity contribution in [1.82, 2.24) is 4.90 Å². The third kappa shape index (κ3) is 4.53. The largest absolute Gasteiger partial charge is 0.337 e. The maximum absolute atomic E-state index is 13.3. The van der Waals surface area contributed by atoms with E-state index in [0.29, 0.717) is 13.1 Å². The molecule has 0 aromatic heterocycles. The van der Waals surface area contributed by atoms with Gasteiger partial charge in [-0.15, -0.1) is 12.4 Å². The zero-order chi connectivity index (χ0) is 16.2. The number of hydrogen-bond acceptors (Lipinski definition) is 2. The van der Waals surface area contributed by atoms with Crippen molar-refractivity contribution in [3.05, 3.63) is 71.5 Å². The molecule has 1 amide bonds. The molecular weight excluding hydrogens is 315 g/mol. The molecular formula is C18H22ClFN2O. The van der Waals surface area contributed by atoms with Crippen molar-refractivity contribution >= 4 is 18.3 Å². The van der Waals surface area contributed by atoms with Gasteiger partial charge in [-0.25, -0.2) is 4.39 Å². The first kappa shape index (κ1) is 19.1. The maximum atomic E-state index is 13.3. The van der Waals surface area contributed by atoms with Gasteiger partial charge in [-0.05, 0) is 37.1 Å². The molecule has 124 valence electrons. The second-order valence-electron chi connectivity index (χ2n) is 5.52. The molecule has 0 saturated carbocycles. The van der Waals surface area contributed by atoms with Gasteiger partial charge in [-0.3, -0.25) is 4.79 Å². The molecule has 3 nitrogen and oxygen atoms in total. The van der Waals surface area contributed by atoms with Crippen molar-refractivity contribution in [3.63, 3.8) is 0 Å². The van der Waals surface area contributed by atoms with Crippen molar-refractivity contribution in [2.24, 2.45) is 5.73 Å². The summed E-state index contributed by atoms with van der Waals surface area (Å²) in [6, 6.07) is 15.5. The molecule has 2 aromatic rings. The molecule has 0 fully saturated rings. The molecule has 0 radical (unpaired) electrons. The number of halogens is 2. The Hall–Kier alpha value is -1.91. The molecule has 0 aliphatic carbocycles. The lowest BCUT2D eigenvalue weighted by Crippen LogP contribution is -2.50. The highest BCUT2D eigenvalue weighted by atomic mass is 35.5. The molecule has 1 unspecified atom stereocenters. The van der Waals surface area contributed by atoms with Crippen LogP contribution in [0.3, 0.4) is 0 Å². The van der Waals surface area contributed by atoms with Gasteiger partial charge in [0.05, 0.1) is 0 Å². The number of benzene rings is 2. The highest BCUT2D eigenvalue weighted by Crippen LogP contribution is 2.21. The Morgan fingerprint density at radius 1 is 1.17 bits per heavy atom. The number of carbonyl (C=O) groups excluding carboxylic acids is 1. The van der Waals surface area contributed by atoms with E-state index in [1.54, 1.807) is 24.0 Å². The molecule has 0 heterocycles. The number of likely N-dealkylation sites (N-methyl/N-ethyl adjacent to an activating group) is 1. The van der Waals surface area contributed by atoms with Gasteiger partial charge in [0.15, 0.2) is 0 Å². The van der Waals surface area contributed by atoms with Gasteiger partial charge >= 0.3 is 0 Å². The minimum Gasteiger partial charge on any atom is -0.337 e. The van der Waals surface area contributed by atoms with Gasteiger partial charge in [0, 0.05) is 13.1 Å². The van der Waals surface area contributed by atoms with Crippen molar-refractivity contribution in [3.8, 4) is 0 Å². The summed E-state index contributed by atoms with van der Waals surface area (Å²) in [6.45, 7) is 4.44. The van der Waals surface area contributed by atoms with E-state index in [1.807, 2.05) is 37.3 Å². The average Bonchev–Trinajstić information content (AvgIpc) is 2.53. The van der Waals surface area contributed by atoms with E-state index < -0.39 is 5.54 Å². The van der Waals surface area contributed by atoms with Crippen LogP contribution >= 0.6 is 12.4 Å². The number of hydrogen-bond donors (Lipinski definition) is 1. The SMILES string of the molecule is CCN(Cc1cccc(F)c1)C(=O)C(C)(N)c1ccccc1.Cl. The molecule has 2 N–H and O–H groups in total. The van der Waals surface area contributed by atoms with Crippen molar-refractivity contribution in [2.75, 3.05) is 6.54 Å². The van der Waals surface area contributed by atoms with Crippen LogP contribution in [-0.4, -0.2) is 17.4 Å². The fourth-order valence-corrected chi connectivity index (χ4v) is 2.42. The summed E-state index contributed by atoms with van der Waals surface area (Å²) >= 11 is 0. The summed E-state index contributed by atoms with van der Waals surface area (Å²) in [5.41, 5.74) is 6.68. The van der Waals surface area contributed by atoms with Crippen molar-refractivity contribution in [2.45, 2.75) is 25.9 Å². The highest BCUT2D eigenvalue weighted by Gasteiger charge is 2.33. The molecule has 0 spiro atoms. The van der Waals surface area contributed by atoms with Gasteiger partial charge in [0.25, 0.3) is 0 Å². The number of amides is 1. The Bertz CT molecular complexity index is 646. The third-order valence-corrected chi connectivity index (χ3v) is 3.75. The standard InChI is InChI=1S/C18H21FN2O.ClH/c1-3-21(13-14-8-7-11-16(19)12-14)17(22)18(2,20)15-9-5-4-6-10-15;/h4-12H,3,13,20H2,1-2H3;1H. The van der Waals surface area contributed by atoms with E-state index >= 15 is 0 Å². The molecule has 23 heavy (non-hydrogen) atoms. The summed E-state index contributed by atoms with van der Waals surface area (Å²) in [5, 5.41) is 0. The smallest absolute Gasteiger partial charge is 0.247 e. The van der Waals surface area contributed by atoms with Crippen LogP contribution < -0.4 is 5.73 Å². The molecule has 2 aromatic carbocycles.